The first-order chi connectivity index (χ1) is 9.10. The summed E-state index contributed by atoms with van der Waals surface area (Å²) in [6, 6.07) is 0. The first kappa shape index (κ1) is 17.2. The number of hydrogen-bond donors (Lipinski definition) is 1. The minimum atomic E-state index is -4.36. The largest absolute Gasteiger partial charge is 0.481 e. The first-order valence-corrected chi connectivity index (χ1v) is 7.97. The van der Waals surface area contributed by atoms with E-state index in [0.717, 1.165) is 4.31 Å². The maximum atomic E-state index is 12.0. The first-order valence-electron chi connectivity index (χ1n) is 6.36. The van der Waals surface area contributed by atoms with Gasteiger partial charge in [-0.25, -0.2) is 12.7 Å². The highest BCUT2D eigenvalue weighted by Crippen LogP contribution is 2.25. The molecule has 1 aliphatic rings. The Labute approximate surface area is 115 Å². The fraction of sp³-hybridized carbons (Fsp3) is 0.909. The van der Waals surface area contributed by atoms with Gasteiger partial charge in [-0.05, 0) is 25.2 Å². The average Bonchev–Trinajstić information content (AvgIpc) is 2.26. The van der Waals surface area contributed by atoms with Crippen LogP contribution in [0.4, 0.5) is 13.2 Å². The third kappa shape index (κ3) is 6.08. The Bertz CT molecular complexity index is 435. The van der Waals surface area contributed by atoms with E-state index in [1.807, 2.05) is 0 Å². The van der Waals surface area contributed by atoms with Crippen molar-refractivity contribution in [3.63, 3.8) is 0 Å². The summed E-state index contributed by atoms with van der Waals surface area (Å²) >= 11 is 0. The van der Waals surface area contributed by atoms with Gasteiger partial charge in [-0.2, -0.15) is 13.2 Å². The molecular formula is C11H18F3NO4S. The number of piperidine rings is 1. The van der Waals surface area contributed by atoms with Gasteiger partial charge in [-0.1, -0.05) is 0 Å². The van der Waals surface area contributed by atoms with Gasteiger partial charge in [-0.3, -0.25) is 4.79 Å². The second kappa shape index (κ2) is 6.75. The molecule has 0 aromatic heterocycles. The number of carboxylic acid groups (broad SMARTS) is 1. The maximum Gasteiger partial charge on any atom is 0.389 e. The Hall–Kier alpha value is -0.830. The quantitative estimate of drug-likeness (QED) is 0.811. The van der Waals surface area contributed by atoms with Gasteiger partial charge in [0.25, 0.3) is 0 Å². The van der Waals surface area contributed by atoms with E-state index in [0.29, 0.717) is 12.8 Å². The second-order valence-electron chi connectivity index (χ2n) is 5.00. The standard InChI is InChI=1S/C11H18F3NO4S/c12-11(13,14)4-2-6-20(18,19)15-5-1-3-9(8-15)7-10(16)17/h9H,1-8H2,(H,16,17). The molecule has 0 aliphatic carbocycles. The van der Waals surface area contributed by atoms with Crippen molar-refractivity contribution in [2.45, 2.75) is 38.3 Å². The number of carboxylic acids is 1. The zero-order valence-corrected chi connectivity index (χ0v) is 11.7. The zero-order valence-electron chi connectivity index (χ0n) is 10.9. The Morgan fingerprint density at radius 3 is 2.55 bits per heavy atom. The van der Waals surface area contributed by atoms with Gasteiger partial charge in [0.2, 0.25) is 10.0 Å². The van der Waals surface area contributed by atoms with Crippen molar-refractivity contribution in [2.75, 3.05) is 18.8 Å². The van der Waals surface area contributed by atoms with Crippen LogP contribution in [0.15, 0.2) is 0 Å². The van der Waals surface area contributed by atoms with Crippen molar-refractivity contribution < 1.29 is 31.5 Å². The molecule has 1 unspecified atom stereocenters. The van der Waals surface area contributed by atoms with Crippen molar-refractivity contribution >= 4 is 16.0 Å². The Morgan fingerprint density at radius 2 is 2.00 bits per heavy atom. The van der Waals surface area contributed by atoms with E-state index in [1.165, 1.54) is 0 Å². The summed E-state index contributed by atoms with van der Waals surface area (Å²) in [6.07, 6.45) is -4.90. The second-order valence-corrected chi connectivity index (χ2v) is 7.09. The van der Waals surface area contributed by atoms with Crippen LogP contribution >= 0.6 is 0 Å². The van der Waals surface area contributed by atoms with Crippen molar-refractivity contribution in [3.8, 4) is 0 Å². The molecule has 1 fully saturated rings. The lowest BCUT2D eigenvalue weighted by Crippen LogP contribution is -2.41. The predicted octanol–water partition coefficient (Wildman–Crippen LogP) is 1.85. The smallest absolute Gasteiger partial charge is 0.389 e. The number of nitrogens with zero attached hydrogens (tertiary/aromatic N) is 1. The normalized spacial score (nSPS) is 21.9. The third-order valence-electron chi connectivity index (χ3n) is 3.20. The van der Waals surface area contributed by atoms with Gasteiger partial charge in [0.05, 0.1) is 5.75 Å². The Kier molecular flexibility index (Phi) is 5.81. The minimum Gasteiger partial charge on any atom is -0.481 e. The van der Waals surface area contributed by atoms with E-state index in [2.05, 4.69) is 0 Å². The molecule has 20 heavy (non-hydrogen) atoms. The summed E-state index contributed by atoms with van der Waals surface area (Å²) in [6.45, 7) is 0.338. The number of sulfonamides is 1. The number of rotatable bonds is 6. The highest BCUT2D eigenvalue weighted by molar-refractivity contribution is 7.89. The van der Waals surface area contributed by atoms with Crippen LogP contribution in [0.5, 0.6) is 0 Å². The number of carbonyl (C=O) groups is 1. The molecule has 1 saturated heterocycles. The van der Waals surface area contributed by atoms with E-state index >= 15 is 0 Å². The molecule has 1 atom stereocenters. The van der Waals surface area contributed by atoms with Crippen LogP contribution < -0.4 is 0 Å². The van der Waals surface area contributed by atoms with Crippen molar-refractivity contribution in [1.82, 2.24) is 4.31 Å². The molecule has 0 amide bonds. The number of aliphatic carboxylic acids is 1. The van der Waals surface area contributed by atoms with Crippen LogP contribution in [-0.2, 0) is 14.8 Å². The molecule has 1 heterocycles. The molecular weight excluding hydrogens is 299 g/mol. The van der Waals surface area contributed by atoms with Crippen LogP contribution in [0.25, 0.3) is 0 Å². The SMILES string of the molecule is O=C(O)CC1CCCN(S(=O)(=O)CCCC(F)(F)F)C1. The van der Waals surface area contributed by atoms with Gasteiger partial charge in [0.15, 0.2) is 0 Å². The fourth-order valence-corrected chi connectivity index (χ4v) is 3.89. The predicted molar refractivity (Wildman–Crippen MR) is 65.6 cm³/mol. The molecule has 1 rings (SSSR count). The maximum absolute atomic E-state index is 12.0. The van der Waals surface area contributed by atoms with E-state index < -0.39 is 40.8 Å². The summed E-state index contributed by atoms with van der Waals surface area (Å²) in [7, 11) is -3.73. The van der Waals surface area contributed by atoms with Gasteiger partial charge < -0.3 is 5.11 Å². The minimum absolute atomic E-state index is 0.0840. The lowest BCUT2D eigenvalue weighted by molar-refractivity contribution is -0.138. The number of hydrogen-bond acceptors (Lipinski definition) is 3. The molecule has 0 radical (unpaired) electrons. The highest BCUT2D eigenvalue weighted by atomic mass is 32.2. The van der Waals surface area contributed by atoms with E-state index in [1.54, 1.807) is 0 Å². The molecule has 5 nitrogen and oxygen atoms in total. The summed E-state index contributed by atoms with van der Waals surface area (Å²) < 4.78 is 61.0. The van der Waals surface area contributed by atoms with Crippen LogP contribution in [0.1, 0.15) is 32.1 Å². The summed E-state index contributed by atoms with van der Waals surface area (Å²) in [5, 5.41) is 8.69. The average molecular weight is 317 g/mol. The van der Waals surface area contributed by atoms with Crippen molar-refractivity contribution in [1.29, 1.82) is 0 Å². The van der Waals surface area contributed by atoms with Crippen LogP contribution in [0.3, 0.4) is 0 Å². The molecule has 0 spiro atoms. The Balaban J connectivity index is 2.52. The summed E-state index contributed by atoms with van der Waals surface area (Å²) in [4.78, 5) is 10.6. The van der Waals surface area contributed by atoms with E-state index in [4.69, 9.17) is 5.11 Å². The molecule has 1 aliphatic heterocycles. The van der Waals surface area contributed by atoms with Gasteiger partial charge in [-0.15, -0.1) is 0 Å². The third-order valence-corrected chi connectivity index (χ3v) is 5.12. The van der Waals surface area contributed by atoms with Crippen LogP contribution in [0, 0.1) is 5.92 Å². The van der Waals surface area contributed by atoms with Crippen LogP contribution in [0.2, 0.25) is 0 Å². The van der Waals surface area contributed by atoms with E-state index in [9.17, 15) is 26.4 Å². The Morgan fingerprint density at radius 1 is 1.35 bits per heavy atom. The fourth-order valence-electron chi connectivity index (χ4n) is 2.28. The van der Waals surface area contributed by atoms with Gasteiger partial charge >= 0.3 is 12.1 Å². The molecule has 0 aromatic carbocycles. The van der Waals surface area contributed by atoms with Crippen molar-refractivity contribution in [3.05, 3.63) is 0 Å². The van der Waals surface area contributed by atoms with E-state index in [-0.39, 0.29) is 25.4 Å². The van der Waals surface area contributed by atoms with Gasteiger partial charge in [0, 0.05) is 25.9 Å². The molecule has 118 valence electrons. The van der Waals surface area contributed by atoms with Gasteiger partial charge in [0.1, 0.15) is 0 Å². The molecule has 0 aromatic rings. The lowest BCUT2D eigenvalue weighted by atomic mass is 9.96. The molecule has 9 heteroatoms. The lowest BCUT2D eigenvalue weighted by Gasteiger charge is -2.31. The number of halogens is 3. The highest BCUT2D eigenvalue weighted by Gasteiger charge is 2.32. The topological polar surface area (TPSA) is 74.7 Å². The zero-order chi connectivity index (χ0) is 15.4. The number of alkyl halides is 3. The van der Waals surface area contributed by atoms with Crippen molar-refractivity contribution in [2.24, 2.45) is 5.92 Å². The summed E-state index contributed by atoms with van der Waals surface area (Å²) in [5.41, 5.74) is 0. The molecule has 0 bridgehead atoms. The summed E-state index contributed by atoms with van der Waals surface area (Å²) in [5.74, 6) is -1.81. The molecule has 0 saturated carbocycles. The molecule has 1 N–H and O–H groups in total. The monoisotopic (exact) mass is 317 g/mol. The van der Waals surface area contributed by atoms with Crippen LogP contribution in [-0.4, -0.2) is 48.8 Å².